The molecule has 1 aromatic heterocycles. The Labute approximate surface area is 124 Å². The van der Waals surface area contributed by atoms with Gasteiger partial charge in [0.05, 0.1) is 7.11 Å². The van der Waals surface area contributed by atoms with Crippen LogP contribution in [-0.2, 0) is 0 Å². The topological polar surface area (TPSA) is 21.3 Å². The zero-order valence-electron chi connectivity index (χ0n) is 12.0. The minimum absolute atomic E-state index is 0.331. The van der Waals surface area contributed by atoms with Crippen LogP contribution in [0.5, 0.6) is 5.75 Å². The van der Waals surface area contributed by atoms with Crippen molar-refractivity contribution in [2.45, 2.75) is 31.8 Å². The molecule has 0 bridgehead atoms. The smallest absolute Gasteiger partial charge is 0.119 e. The minimum Gasteiger partial charge on any atom is -0.497 e. The fourth-order valence-electron chi connectivity index (χ4n) is 2.62. The largest absolute Gasteiger partial charge is 0.497 e. The molecule has 3 rings (SSSR count). The second-order valence-electron chi connectivity index (χ2n) is 5.50. The van der Waals surface area contributed by atoms with Crippen molar-refractivity contribution in [2.75, 3.05) is 7.11 Å². The number of hydrogen-bond acceptors (Lipinski definition) is 3. The summed E-state index contributed by atoms with van der Waals surface area (Å²) in [6.45, 7) is 2.23. The van der Waals surface area contributed by atoms with Crippen LogP contribution in [0.4, 0.5) is 0 Å². The molecule has 2 nitrogen and oxygen atoms in total. The number of thiophene rings is 1. The molecular formula is C17H21NOS. The molecule has 20 heavy (non-hydrogen) atoms. The van der Waals surface area contributed by atoms with Crippen molar-refractivity contribution < 1.29 is 4.74 Å². The van der Waals surface area contributed by atoms with Gasteiger partial charge in [-0.3, -0.25) is 0 Å². The zero-order chi connectivity index (χ0) is 13.9. The minimum atomic E-state index is 0.331. The number of rotatable bonds is 6. The molecule has 0 amide bonds. The number of benzene rings is 1. The maximum atomic E-state index is 5.32. The first kappa shape index (κ1) is 13.7. The SMILES string of the molecule is COc1cccc(C(C)NC(c2cccs2)C2CC2)c1. The van der Waals surface area contributed by atoms with E-state index in [1.807, 2.05) is 17.4 Å². The number of ether oxygens (including phenoxy) is 1. The highest BCUT2D eigenvalue weighted by molar-refractivity contribution is 7.10. The summed E-state index contributed by atoms with van der Waals surface area (Å²) in [6.07, 6.45) is 2.70. The molecule has 0 aliphatic heterocycles. The Morgan fingerprint density at radius 2 is 2.10 bits per heavy atom. The normalized spacial score (nSPS) is 17.7. The van der Waals surface area contributed by atoms with Crippen LogP contribution in [-0.4, -0.2) is 7.11 Å². The van der Waals surface area contributed by atoms with Crippen LogP contribution in [0.3, 0.4) is 0 Å². The van der Waals surface area contributed by atoms with Crippen molar-refractivity contribution >= 4 is 11.3 Å². The van der Waals surface area contributed by atoms with Gasteiger partial charge in [0.1, 0.15) is 5.75 Å². The van der Waals surface area contributed by atoms with Crippen molar-refractivity contribution in [3.63, 3.8) is 0 Å². The highest BCUT2D eigenvalue weighted by atomic mass is 32.1. The van der Waals surface area contributed by atoms with Gasteiger partial charge in [-0.15, -0.1) is 11.3 Å². The van der Waals surface area contributed by atoms with Crippen molar-refractivity contribution in [1.82, 2.24) is 5.32 Å². The molecule has 1 aliphatic carbocycles. The second-order valence-corrected chi connectivity index (χ2v) is 6.47. The van der Waals surface area contributed by atoms with Gasteiger partial charge in [-0.25, -0.2) is 0 Å². The van der Waals surface area contributed by atoms with Gasteiger partial charge >= 0.3 is 0 Å². The predicted molar refractivity (Wildman–Crippen MR) is 84.3 cm³/mol. The molecule has 1 saturated carbocycles. The van der Waals surface area contributed by atoms with E-state index >= 15 is 0 Å². The predicted octanol–water partition coefficient (Wildman–Crippen LogP) is 4.56. The van der Waals surface area contributed by atoms with E-state index in [0.717, 1.165) is 11.7 Å². The van der Waals surface area contributed by atoms with Crippen LogP contribution in [0.2, 0.25) is 0 Å². The summed E-state index contributed by atoms with van der Waals surface area (Å²) >= 11 is 1.86. The Kier molecular flexibility index (Phi) is 4.08. The molecule has 106 valence electrons. The summed E-state index contributed by atoms with van der Waals surface area (Å²) in [5.74, 6) is 1.73. The van der Waals surface area contributed by atoms with Crippen LogP contribution in [0.15, 0.2) is 41.8 Å². The molecule has 2 atom stereocenters. The van der Waals surface area contributed by atoms with Crippen LogP contribution in [0.25, 0.3) is 0 Å². The van der Waals surface area contributed by atoms with Gasteiger partial charge < -0.3 is 10.1 Å². The molecule has 1 fully saturated rings. The third-order valence-corrected chi connectivity index (χ3v) is 4.92. The van der Waals surface area contributed by atoms with Gasteiger partial charge in [0.2, 0.25) is 0 Å². The molecule has 3 heteroatoms. The Morgan fingerprint density at radius 1 is 1.25 bits per heavy atom. The van der Waals surface area contributed by atoms with Crippen molar-refractivity contribution in [1.29, 1.82) is 0 Å². The lowest BCUT2D eigenvalue weighted by Crippen LogP contribution is -2.25. The number of nitrogens with one attached hydrogen (secondary N) is 1. The van der Waals surface area contributed by atoms with Gasteiger partial charge in [0.25, 0.3) is 0 Å². The first-order chi connectivity index (χ1) is 9.78. The lowest BCUT2D eigenvalue weighted by atomic mass is 10.0. The van der Waals surface area contributed by atoms with E-state index in [4.69, 9.17) is 4.74 Å². The molecule has 1 aliphatic rings. The summed E-state index contributed by atoms with van der Waals surface area (Å²) in [5, 5.41) is 5.97. The molecule has 1 aromatic carbocycles. The lowest BCUT2D eigenvalue weighted by molar-refractivity contribution is 0.409. The molecule has 1 heterocycles. The summed E-state index contributed by atoms with van der Waals surface area (Å²) in [6, 6.07) is 13.6. The first-order valence-corrected chi connectivity index (χ1v) is 8.09. The average Bonchev–Trinajstić information content (AvgIpc) is 3.18. The van der Waals surface area contributed by atoms with Gasteiger partial charge in [-0.05, 0) is 54.8 Å². The maximum Gasteiger partial charge on any atom is 0.119 e. The number of methoxy groups -OCH3 is 1. The van der Waals surface area contributed by atoms with E-state index in [1.54, 1.807) is 7.11 Å². The van der Waals surface area contributed by atoms with E-state index < -0.39 is 0 Å². The van der Waals surface area contributed by atoms with E-state index in [-0.39, 0.29) is 0 Å². The Morgan fingerprint density at radius 3 is 2.75 bits per heavy atom. The molecule has 2 unspecified atom stereocenters. The average molecular weight is 287 g/mol. The van der Waals surface area contributed by atoms with E-state index in [1.165, 1.54) is 23.3 Å². The lowest BCUT2D eigenvalue weighted by Gasteiger charge is -2.23. The van der Waals surface area contributed by atoms with E-state index in [2.05, 4.69) is 48.0 Å². The van der Waals surface area contributed by atoms with Crippen molar-refractivity contribution in [3.05, 3.63) is 52.2 Å². The van der Waals surface area contributed by atoms with Crippen LogP contribution in [0, 0.1) is 5.92 Å². The van der Waals surface area contributed by atoms with Gasteiger partial charge in [-0.1, -0.05) is 18.2 Å². The van der Waals surface area contributed by atoms with Gasteiger partial charge in [0, 0.05) is 17.0 Å². The van der Waals surface area contributed by atoms with Crippen LogP contribution < -0.4 is 10.1 Å². The van der Waals surface area contributed by atoms with E-state index in [9.17, 15) is 0 Å². The highest BCUT2D eigenvalue weighted by Gasteiger charge is 2.33. The number of hydrogen-bond donors (Lipinski definition) is 1. The third kappa shape index (κ3) is 3.05. The zero-order valence-corrected chi connectivity index (χ0v) is 12.8. The van der Waals surface area contributed by atoms with Gasteiger partial charge in [0.15, 0.2) is 0 Å². The molecule has 0 saturated heterocycles. The van der Waals surface area contributed by atoms with Crippen molar-refractivity contribution in [3.8, 4) is 5.75 Å². The standard InChI is InChI=1S/C17H21NOS/c1-12(14-5-3-6-15(11-14)19-2)18-17(13-8-9-13)16-7-4-10-20-16/h3-7,10-13,17-18H,8-9H2,1-2H3. The fourth-order valence-corrected chi connectivity index (χ4v) is 3.50. The monoisotopic (exact) mass is 287 g/mol. The molecular weight excluding hydrogens is 266 g/mol. The Balaban J connectivity index is 1.74. The molecule has 0 radical (unpaired) electrons. The maximum absolute atomic E-state index is 5.32. The summed E-state index contributed by atoms with van der Waals surface area (Å²) in [7, 11) is 1.72. The Bertz CT molecular complexity index is 548. The van der Waals surface area contributed by atoms with Crippen LogP contribution >= 0.6 is 11.3 Å². The Hall–Kier alpha value is -1.32. The fraction of sp³-hybridized carbons (Fsp3) is 0.412. The molecule has 0 spiro atoms. The second kappa shape index (κ2) is 5.98. The van der Waals surface area contributed by atoms with Gasteiger partial charge in [-0.2, -0.15) is 0 Å². The summed E-state index contributed by atoms with van der Waals surface area (Å²) in [4.78, 5) is 1.46. The first-order valence-electron chi connectivity index (χ1n) is 7.21. The highest BCUT2D eigenvalue weighted by Crippen LogP contribution is 2.43. The van der Waals surface area contributed by atoms with E-state index in [0.29, 0.717) is 12.1 Å². The quantitative estimate of drug-likeness (QED) is 0.841. The molecule has 2 aromatic rings. The summed E-state index contributed by atoms with van der Waals surface area (Å²) in [5.41, 5.74) is 1.28. The molecule has 1 N–H and O–H groups in total. The van der Waals surface area contributed by atoms with Crippen molar-refractivity contribution in [2.24, 2.45) is 5.92 Å². The third-order valence-electron chi connectivity index (χ3n) is 3.97. The summed E-state index contributed by atoms with van der Waals surface area (Å²) < 4.78 is 5.32. The van der Waals surface area contributed by atoms with Crippen LogP contribution in [0.1, 0.15) is 42.3 Å².